The van der Waals surface area contributed by atoms with Crippen LogP contribution in [0.15, 0.2) is 18.2 Å². The lowest BCUT2D eigenvalue weighted by Gasteiger charge is -2.24. The van der Waals surface area contributed by atoms with Crippen LogP contribution in [0, 0.1) is 0 Å². The van der Waals surface area contributed by atoms with Crippen molar-refractivity contribution in [3.05, 3.63) is 28.8 Å². The van der Waals surface area contributed by atoms with Crippen molar-refractivity contribution in [2.24, 2.45) is 5.73 Å². The number of benzene rings is 1. The Morgan fingerprint density at radius 2 is 2.16 bits per heavy atom. The normalized spacial score (nSPS) is 12.5. The Morgan fingerprint density at radius 1 is 1.42 bits per heavy atom. The molecule has 1 aromatic rings. The molecule has 3 nitrogen and oxygen atoms in total. The molecule has 0 aromatic heterocycles. The third kappa shape index (κ3) is 5.01. The minimum absolute atomic E-state index is 0.158. The highest BCUT2D eigenvalue weighted by Crippen LogP contribution is 2.28. The first kappa shape index (κ1) is 16.3. The van der Waals surface area contributed by atoms with Crippen molar-refractivity contribution in [1.82, 2.24) is 0 Å². The predicted molar refractivity (Wildman–Crippen MR) is 83.2 cm³/mol. The molecular weight excluding hydrogens is 260 g/mol. The smallest absolute Gasteiger partial charge is 0.0479 e. The molecule has 0 heterocycles. The fraction of sp³-hybridized carbons (Fsp3) is 0.600. The first-order valence-electron chi connectivity index (χ1n) is 6.83. The van der Waals surface area contributed by atoms with Crippen molar-refractivity contribution >= 4 is 17.3 Å². The number of ether oxygens (including phenoxy) is 1. The first-order chi connectivity index (χ1) is 9.10. The summed E-state index contributed by atoms with van der Waals surface area (Å²) in [6.45, 7) is 3.82. The zero-order valence-corrected chi connectivity index (χ0v) is 12.9. The zero-order chi connectivity index (χ0) is 14.3. The first-order valence-corrected chi connectivity index (χ1v) is 7.21. The van der Waals surface area contributed by atoms with E-state index in [1.165, 1.54) is 5.69 Å². The third-order valence-electron chi connectivity index (χ3n) is 3.34. The molecule has 1 rings (SSSR count). The van der Waals surface area contributed by atoms with Gasteiger partial charge < -0.3 is 15.4 Å². The van der Waals surface area contributed by atoms with Crippen LogP contribution < -0.4 is 10.6 Å². The van der Waals surface area contributed by atoms with Gasteiger partial charge in [-0.2, -0.15) is 0 Å². The van der Waals surface area contributed by atoms with Crippen molar-refractivity contribution in [1.29, 1.82) is 0 Å². The summed E-state index contributed by atoms with van der Waals surface area (Å²) in [4.78, 5) is 2.22. The molecule has 0 fully saturated rings. The Hall–Kier alpha value is -0.770. The van der Waals surface area contributed by atoms with Crippen LogP contribution in [0.25, 0.3) is 0 Å². The average Bonchev–Trinajstić information content (AvgIpc) is 2.41. The highest BCUT2D eigenvalue weighted by Gasteiger charge is 2.13. The second kappa shape index (κ2) is 8.41. The van der Waals surface area contributed by atoms with Gasteiger partial charge in [0.2, 0.25) is 0 Å². The quantitative estimate of drug-likeness (QED) is 0.746. The Morgan fingerprint density at radius 3 is 2.79 bits per heavy atom. The van der Waals surface area contributed by atoms with Crippen LogP contribution in [0.5, 0.6) is 0 Å². The molecule has 2 N–H and O–H groups in total. The van der Waals surface area contributed by atoms with Gasteiger partial charge in [0.25, 0.3) is 0 Å². The van der Waals surface area contributed by atoms with Gasteiger partial charge in [-0.3, -0.25) is 0 Å². The van der Waals surface area contributed by atoms with E-state index in [-0.39, 0.29) is 6.04 Å². The molecule has 0 spiro atoms. The number of hydrogen-bond donors (Lipinski definition) is 1. The van der Waals surface area contributed by atoms with Crippen LogP contribution in [0.4, 0.5) is 5.69 Å². The number of halogens is 1. The molecule has 0 aliphatic carbocycles. The van der Waals surface area contributed by atoms with E-state index in [1.807, 2.05) is 12.1 Å². The van der Waals surface area contributed by atoms with Gasteiger partial charge in [-0.25, -0.2) is 0 Å². The third-order valence-corrected chi connectivity index (χ3v) is 3.69. The van der Waals surface area contributed by atoms with Crippen LogP contribution in [0.3, 0.4) is 0 Å². The Bertz CT molecular complexity index is 384. The summed E-state index contributed by atoms with van der Waals surface area (Å²) in [6.07, 6.45) is 2.77. The van der Waals surface area contributed by atoms with Gasteiger partial charge in [-0.05, 0) is 37.0 Å². The SMILES string of the molecule is CCC(N)Cc1c(Cl)cccc1N(C)CCCOC. The lowest BCUT2D eigenvalue weighted by Crippen LogP contribution is -2.25. The summed E-state index contributed by atoms with van der Waals surface area (Å²) in [7, 11) is 3.81. The van der Waals surface area contributed by atoms with E-state index in [2.05, 4.69) is 24.9 Å². The molecule has 0 amide bonds. The van der Waals surface area contributed by atoms with Gasteiger partial charge >= 0.3 is 0 Å². The maximum atomic E-state index is 6.33. The largest absolute Gasteiger partial charge is 0.385 e. The van der Waals surface area contributed by atoms with Crippen molar-refractivity contribution in [3.8, 4) is 0 Å². The molecule has 0 aliphatic rings. The lowest BCUT2D eigenvalue weighted by atomic mass is 10.0. The van der Waals surface area contributed by atoms with Crippen LogP contribution >= 0.6 is 11.6 Å². The molecule has 0 bridgehead atoms. The molecule has 1 atom stereocenters. The summed E-state index contributed by atoms with van der Waals surface area (Å²) in [5.74, 6) is 0. The standard InChI is InChI=1S/C15H25ClN2O/c1-4-12(17)11-13-14(16)7-5-8-15(13)18(2)9-6-10-19-3/h5,7-8,12H,4,6,9-11,17H2,1-3H3. The molecule has 0 radical (unpaired) electrons. The van der Waals surface area contributed by atoms with Gasteiger partial charge in [0.05, 0.1) is 0 Å². The highest BCUT2D eigenvalue weighted by molar-refractivity contribution is 6.31. The molecule has 0 saturated carbocycles. The fourth-order valence-corrected chi connectivity index (χ4v) is 2.33. The van der Waals surface area contributed by atoms with Crippen molar-refractivity contribution in [3.63, 3.8) is 0 Å². The minimum Gasteiger partial charge on any atom is -0.385 e. The minimum atomic E-state index is 0.158. The number of hydrogen-bond acceptors (Lipinski definition) is 3. The summed E-state index contributed by atoms with van der Waals surface area (Å²) >= 11 is 6.33. The molecule has 0 aliphatic heterocycles. The topological polar surface area (TPSA) is 38.5 Å². The molecule has 1 aromatic carbocycles. The van der Waals surface area contributed by atoms with E-state index in [0.717, 1.165) is 43.0 Å². The van der Waals surface area contributed by atoms with Crippen LogP contribution in [-0.2, 0) is 11.2 Å². The van der Waals surface area contributed by atoms with Gasteiger partial charge in [0, 0.05) is 44.1 Å². The number of rotatable bonds is 8. The van der Waals surface area contributed by atoms with Crippen LogP contribution in [-0.4, -0.2) is 33.4 Å². The summed E-state index contributed by atoms with van der Waals surface area (Å²) in [5.41, 5.74) is 8.39. The van der Waals surface area contributed by atoms with Gasteiger partial charge in [-0.1, -0.05) is 24.6 Å². The second-order valence-corrected chi connectivity index (χ2v) is 5.29. The molecule has 19 heavy (non-hydrogen) atoms. The number of nitrogens with two attached hydrogens (primary N) is 1. The number of methoxy groups -OCH3 is 1. The van der Waals surface area contributed by atoms with Gasteiger partial charge in [0.1, 0.15) is 0 Å². The predicted octanol–water partition coefficient (Wildman–Crippen LogP) is 3.09. The number of anilines is 1. The van der Waals surface area contributed by atoms with E-state index in [9.17, 15) is 0 Å². The van der Waals surface area contributed by atoms with E-state index in [0.29, 0.717) is 0 Å². The molecule has 108 valence electrons. The van der Waals surface area contributed by atoms with Crippen molar-refractivity contribution < 1.29 is 4.74 Å². The highest BCUT2D eigenvalue weighted by atomic mass is 35.5. The average molecular weight is 285 g/mol. The van der Waals surface area contributed by atoms with Crippen molar-refractivity contribution in [2.75, 3.05) is 32.2 Å². The number of nitrogens with zero attached hydrogens (tertiary/aromatic N) is 1. The molecule has 4 heteroatoms. The summed E-state index contributed by atoms with van der Waals surface area (Å²) < 4.78 is 5.09. The van der Waals surface area contributed by atoms with Crippen molar-refractivity contribution in [2.45, 2.75) is 32.2 Å². The molecule has 1 unspecified atom stereocenters. The Labute approximate surface area is 121 Å². The maximum Gasteiger partial charge on any atom is 0.0479 e. The molecule has 0 saturated heterocycles. The summed E-state index contributed by atoms with van der Waals surface area (Å²) in [6, 6.07) is 6.19. The maximum absolute atomic E-state index is 6.33. The summed E-state index contributed by atoms with van der Waals surface area (Å²) in [5, 5.41) is 0.806. The van der Waals surface area contributed by atoms with Crippen LogP contribution in [0.2, 0.25) is 5.02 Å². The van der Waals surface area contributed by atoms with E-state index < -0.39 is 0 Å². The lowest BCUT2D eigenvalue weighted by molar-refractivity contribution is 0.196. The Kier molecular flexibility index (Phi) is 7.21. The van der Waals surface area contributed by atoms with Gasteiger partial charge in [-0.15, -0.1) is 0 Å². The Balaban J connectivity index is 2.83. The fourth-order valence-electron chi connectivity index (χ4n) is 2.08. The molecular formula is C15H25ClN2O. The van der Waals surface area contributed by atoms with E-state index in [1.54, 1.807) is 7.11 Å². The zero-order valence-electron chi connectivity index (χ0n) is 12.2. The monoisotopic (exact) mass is 284 g/mol. The second-order valence-electron chi connectivity index (χ2n) is 4.88. The van der Waals surface area contributed by atoms with Gasteiger partial charge in [0.15, 0.2) is 0 Å². The van der Waals surface area contributed by atoms with Crippen LogP contribution in [0.1, 0.15) is 25.3 Å². The van der Waals surface area contributed by atoms with E-state index in [4.69, 9.17) is 22.1 Å². The van der Waals surface area contributed by atoms with E-state index >= 15 is 0 Å².